The van der Waals surface area contributed by atoms with Crippen LogP contribution in [-0.4, -0.2) is 31.5 Å². The molecule has 7 heteroatoms. The van der Waals surface area contributed by atoms with E-state index in [1.54, 1.807) is 39.2 Å². The van der Waals surface area contributed by atoms with Crippen molar-refractivity contribution in [2.24, 2.45) is 7.05 Å². The molecule has 20 heavy (non-hydrogen) atoms. The second-order valence-corrected chi connectivity index (χ2v) is 7.36. The molecule has 0 aliphatic rings. The van der Waals surface area contributed by atoms with Crippen LogP contribution >= 0.6 is 0 Å². The highest BCUT2D eigenvalue weighted by Gasteiger charge is 2.26. The van der Waals surface area contributed by atoms with Gasteiger partial charge in [0.15, 0.2) is 15.4 Å². The van der Waals surface area contributed by atoms with Gasteiger partial charge < -0.3 is 9.73 Å². The molecule has 0 amide bonds. The first-order valence-corrected chi connectivity index (χ1v) is 8.16. The van der Waals surface area contributed by atoms with E-state index in [9.17, 15) is 13.2 Å². The molecule has 2 rings (SSSR count). The van der Waals surface area contributed by atoms with Crippen LogP contribution in [0.15, 0.2) is 27.4 Å². The lowest BCUT2D eigenvalue weighted by Crippen LogP contribution is -2.32. The predicted octanol–water partition coefficient (Wildman–Crippen LogP) is 0.825. The molecule has 1 heterocycles. The lowest BCUT2D eigenvalue weighted by atomic mass is 10.0. The molecule has 2 unspecified atom stereocenters. The van der Waals surface area contributed by atoms with Gasteiger partial charge in [-0.1, -0.05) is 6.07 Å². The van der Waals surface area contributed by atoms with Crippen molar-refractivity contribution < 1.29 is 12.8 Å². The van der Waals surface area contributed by atoms with Gasteiger partial charge in [0.25, 0.3) is 0 Å². The smallest absolute Gasteiger partial charge is 0.408 e. The maximum atomic E-state index is 11.7. The first-order valence-electron chi connectivity index (χ1n) is 6.21. The molecule has 110 valence electrons. The lowest BCUT2D eigenvalue weighted by molar-refractivity contribution is 0.522. The number of fused-ring (bicyclic) bond motifs is 1. The van der Waals surface area contributed by atoms with E-state index >= 15 is 0 Å². The van der Waals surface area contributed by atoms with Crippen LogP contribution in [0.4, 0.5) is 0 Å². The second kappa shape index (κ2) is 5.06. The fraction of sp³-hybridized carbons (Fsp3) is 0.462. The van der Waals surface area contributed by atoms with Gasteiger partial charge in [0.2, 0.25) is 0 Å². The number of aryl methyl sites for hydroxylation is 1. The Morgan fingerprint density at radius 3 is 2.55 bits per heavy atom. The molecule has 0 bridgehead atoms. The Balaban J connectivity index is 2.53. The summed E-state index contributed by atoms with van der Waals surface area (Å²) in [4.78, 5) is 11.5. The number of sulfone groups is 1. The third-order valence-corrected chi connectivity index (χ3v) is 5.25. The zero-order chi connectivity index (χ0) is 15.1. The Bertz CT molecular complexity index is 788. The van der Waals surface area contributed by atoms with E-state index in [0.29, 0.717) is 11.1 Å². The van der Waals surface area contributed by atoms with E-state index in [4.69, 9.17) is 4.42 Å². The van der Waals surface area contributed by atoms with Crippen LogP contribution in [0.1, 0.15) is 18.5 Å². The van der Waals surface area contributed by atoms with Gasteiger partial charge >= 0.3 is 5.76 Å². The minimum atomic E-state index is -3.18. The summed E-state index contributed by atoms with van der Waals surface area (Å²) in [7, 11) is 0.155. The van der Waals surface area contributed by atoms with Gasteiger partial charge in [0.1, 0.15) is 0 Å². The van der Waals surface area contributed by atoms with Crippen molar-refractivity contribution in [1.29, 1.82) is 0 Å². The average Bonchev–Trinajstić information content (AvgIpc) is 2.64. The molecule has 0 spiro atoms. The Morgan fingerprint density at radius 1 is 1.35 bits per heavy atom. The zero-order valence-corrected chi connectivity index (χ0v) is 12.7. The number of benzene rings is 1. The highest BCUT2D eigenvalue weighted by atomic mass is 32.2. The van der Waals surface area contributed by atoms with Gasteiger partial charge in [-0.25, -0.2) is 13.2 Å². The van der Waals surface area contributed by atoms with E-state index in [1.807, 2.05) is 0 Å². The van der Waals surface area contributed by atoms with Crippen molar-refractivity contribution in [3.8, 4) is 0 Å². The number of aromatic nitrogens is 1. The molecule has 0 aliphatic carbocycles. The number of hydrogen-bond acceptors (Lipinski definition) is 5. The molecular formula is C13H18N2O4S. The molecule has 1 aromatic heterocycles. The van der Waals surface area contributed by atoms with E-state index < -0.39 is 20.8 Å². The van der Waals surface area contributed by atoms with Crippen molar-refractivity contribution in [2.45, 2.75) is 18.2 Å². The Morgan fingerprint density at radius 2 is 2.00 bits per heavy atom. The molecule has 0 saturated heterocycles. The Kier molecular flexibility index (Phi) is 3.75. The maximum Gasteiger partial charge on any atom is 0.419 e. The van der Waals surface area contributed by atoms with Gasteiger partial charge in [-0.2, -0.15) is 0 Å². The molecule has 2 atom stereocenters. The summed E-state index contributed by atoms with van der Waals surface area (Å²) in [6, 6.07) is 4.91. The highest BCUT2D eigenvalue weighted by Crippen LogP contribution is 2.24. The third-order valence-electron chi connectivity index (χ3n) is 3.63. The summed E-state index contributed by atoms with van der Waals surface area (Å²) in [6.07, 6.45) is 1.21. The summed E-state index contributed by atoms with van der Waals surface area (Å²) in [6.45, 7) is 1.65. The summed E-state index contributed by atoms with van der Waals surface area (Å²) < 4.78 is 30.0. The van der Waals surface area contributed by atoms with Crippen LogP contribution in [0.3, 0.4) is 0 Å². The van der Waals surface area contributed by atoms with Crippen molar-refractivity contribution >= 4 is 20.9 Å². The molecule has 1 N–H and O–H groups in total. The monoisotopic (exact) mass is 298 g/mol. The molecule has 0 radical (unpaired) electrons. The number of oxazole rings is 1. The van der Waals surface area contributed by atoms with E-state index in [1.165, 1.54) is 10.8 Å². The zero-order valence-electron chi connectivity index (χ0n) is 11.9. The van der Waals surface area contributed by atoms with Crippen molar-refractivity contribution in [3.05, 3.63) is 34.3 Å². The Hall–Kier alpha value is -1.60. The van der Waals surface area contributed by atoms with Gasteiger partial charge in [-0.05, 0) is 31.7 Å². The van der Waals surface area contributed by atoms with Gasteiger partial charge in [0.05, 0.1) is 10.8 Å². The van der Waals surface area contributed by atoms with Crippen LogP contribution in [0.5, 0.6) is 0 Å². The first kappa shape index (κ1) is 14.8. The van der Waals surface area contributed by atoms with Crippen LogP contribution in [0.25, 0.3) is 11.1 Å². The SMILES string of the molecule is CNC(c1ccc2c(c1)oc(=O)n2C)C(C)S(C)(=O)=O. The number of rotatable bonds is 4. The Labute approximate surface area is 117 Å². The molecule has 2 aromatic rings. The molecule has 0 saturated carbocycles. The maximum absolute atomic E-state index is 11.7. The summed E-state index contributed by atoms with van der Waals surface area (Å²) in [5.74, 6) is -0.436. The molecule has 6 nitrogen and oxygen atoms in total. The minimum absolute atomic E-state index is 0.361. The highest BCUT2D eigenvalue weighted by molar-refractivity contribution is 7.91. The molecule has 0 fully saturated rings. The number of nitrogens with zero attached hydrogens (tertiary/aromatic N) is 1. The summed E-state index contributed by atoms with van der Waals surface area (Å²) in [5.41, 5.74) is 1.91. The fourth-order valence-corrected chi connectivity index (χ4v) is 3.05. The van der Waals surface area contributed by atoms with Crippen LogP contribution in [-0.2, 0) is 16.9 Å². The second-order valence-electron chi connectivity index (χ2n) is 4.96. The summed E-state index contributed by atoms with van der Waals surface area (Å²) >= 11 is 0. The van der Waals surface area contributed by atoms with Crippen LogP contribution in [0.2, 0.25) is 0 Å². The molecule has 1 aromatic carbocycles. The van der Waals surface area contributed by atoms with Gasteiger partial charge in [-0.3, -0.25) is 4.57 Å². The normalized spacial score (nSPS) is 15.4. The summed E-state index contributed by atoms with van der Waals surface area (Å²) in [5, 5.41) is 2.42. The fourth-order valence-electron chi connectivity index (χ4n) is 2.26. The number of hydrogen-bond donors (Lipinski definition) is 1. The van der Waals surface area contributed by atoms with Gasteiger partial charge in [0, 0.05) is 19.3 Å². The van der Waals surface area contributed by atoms with Crippen molar-refractivity contribution in [1.82, 2.24) is 9.88 Å². The standard InChI is InChI=1S/C13H18N2O4S/c1-8(20(4,17)18)12(14-2)9-5-6-10-11(7-9)19-13(16)15(10)3/h5-8,12,14H,1-4H3. The number of nitrogens with one attached hydrogen (secondary N) is 1. The van der Waals surface area contributed by atoms with Crippen LogP contribution < -0.4 is 11.1 Å². The van der Waals surface area contributed by atoms with Gasteiger partial charge in [-0.15, -0.1) is 0 Å². The average molecular weight is 298 g/mol. The van der Waals surface area contributed by atoms with Crippen molar-refractivity contribution in [3.63, 3.8) is 0 Å². The lowest BCUT2D eigenvalue weighted by Gasteiger charge is -2.22. The third kappa shape index (κ3) is 2.51. The minimum Gasteiger partial charge on any atom is -0.408 e. The van der Waals surface area contributed by atoms with E-state index in [2.05, 4.69) is 5.32 Å². The van der Waals surface area contributed by atoms with Crippen LogP contribution in [0, 0.1) is 0 Å². The van der Waals surface area contributed by atoms with Crippen molar-refractivity contribution in [2.75, 3.05) is 13.3 Å². The first-order chi connectivity index (χ1) is 9.25. The molecule has 0 aliphatic heterocycles. The predicted molar refractivity (Wildman–Crippen MR) is 77.6 cm³/mol. The topological polar surface area (TPSA) is 81.3 Å². The quantitative estimate of drug-likeness (QED) is 0.904. The molecular weight excluding hydrogens is 280 g/mol. The van der Waals surface area contributed by atoms with E-state index in [0.717, 1.165) is 5.56 Å². The van der Waals surface area contributed by atoms with E-state index in [-0.39, 0.29) is 6.04 Å². The largest absolute Gasteiger partial charge is 0.419 e.